The van der Waals surface area contributed by atoms with Crippen LogP contribution in [0.3, 0.4) is 0 Å². The van der Waals surface area contributed by atoms with Gasteiger partial charge in [-0.15, -0.1) is 0 Å². The largest absolute Gasteiger partial charge is 0.428 e. The van der Waals surface area contributed by atoms with Gasteiger partial charge in [0, 0.05) is 12.2 Å². The van der Waals surface area contributed by atoms with Crippen molar-refractivity contribution in [3.63, 3.8) is 0 Å². The summed E-state index contributed by atoms with van der Waals surface area (Å²) < 4.78 is 8.67. The van der Waals surface area contributed by atoms with Crippen LogP contribution in [-0.2, 0) is 19.1 Å². The Bertz CT molecular complexity index is 203. The smallest absolute Gasteiger partial charge is 0.335 e. The van der Waals surface area contributed by atoms with Gasteiger partial charge in [-0.25, -0.2) is 9.59 Å². The molecule has 0 saturated heterocycles. The summed E-state index contributed by atoms with van der Waals surface area (Å²) in [4.78, 5) is 20.7. The molecule has 64 valence electrons. The van der Waals surface area contributed by atoms with Gasteiger partial charge in [-0.3, -0.25) is 0 Å². The SMILES string of the molecule is C=CC(=O)O/C=C/OC(=O)C=C. The van der Waals surface area contributed by atoms with Crippen LogP contribution < -0.4 is 0 Å². The molecule has 0 aromatic rings. The maximum Gasteiger partial charge on any atom is 0.335 e. The first-order chi connectivity index (χ1) is 5.70. The van der Waals surface area contributed by atoms with Crippen molar-refractivity contribution in [2.75, 3.05) is 0 Å². The van der Waals surface area contributed by atoms with Crippen LogP contribution in [0.25, 0.3) is 0 Å². The Morgan fingerprint density at radius 2 is 1.25 bits per heavy atom. The van der Waals surface area contributed by atoms with Crippen LogP contribution in [0.5, 0.6) is 0 Å². The molecule has 0 amide bonds. The lowest BCUT2D eigenvalue weighted by atomic mass is 10.7. The molecule has 4 heteroatoms. The topological polar surface area (TPSA) is 52.6 Å². The lowest BCUT2D eigenvalue weighted by molar-refractivity contribution is -0.135. The summed E-state index contributed by atoms with van der Waals surface area (Å²) in [5.74, 6) is -1.25. The number of ether oxygens (including phenoxy) is 2. The van der Waals surface area contributed by atoms with E-state index >= 15 is 0 Å². The third-order valence-electron chi connectivity index (χ3n) is 0.757. The van der Waals surface area contributed by atoms with Gasteiger partial charge < -0.3 is 9.47 Å². The Balaban J connectivity index is 3.63. The number of hydrogen-bond acceptors (Lipinski definition) is 4. The van der Waals surface area contributed by atoms with E-state index in [1.165, 1.54) is 0 Å². The fourth-order valence-corrected chi connectivity index (χ4v) is 0.286. The molecule has 0 spiro atoms. The lowest BCUT2D eigenvalue weighted by Gasteiger charge is -1.92. The lowest BCUT2D eigenvalue weighted by Crippen LogP contribution is -1.95. The van der Waals surface area contributed by atoms with Gasteiger partial charge in [0.1, 0.15) is 12.5 Å². The Morgan fingerprint density at radius 1 is 0.917 bits per heavy atom. The summed E-state index contributed by atoms with van der Waals surface area (Å²) in [7, 11) is 0. The van der Waals surface area contributed by atoms with Crippen molar-refractivity contribution in [2.24, 2.45) is 0 Å². The fourth-order valence-electron chi connectivity index (χ4n) is 0.286. The van der Waals surface area contributed by atoms with Crippen LogP contribution in [0.15, 0.2) is 37.8 Å². The predicted octanol–water partition coefficient (Wildman–Crippen LogP) is 0.916. The molecule has 0 radical (unpaired) electrons. The molecule has 0 aromatic heterocycles. The standard InChI is InChI=1S/C8H8O4/c1-3-7(9)11-5-6-12-8(10)4-2/h3-6H,1-2H2/b6-5+. The Labute approximate surface area is 69.8 Å². The number of carbonyl (C=O) groups excluding carboxylic acids is 2. The molecular formula is C8H8O4. The van der Waals surface area contributed by atoms with Crippen molar-refractivity contribution < 1.29 is 19.1 Å². The van der Waals surface area contributed by atoms with Crippen molar-refractivity contribution in [1.29, 1.82) is 0 Å². The average Bonchev–Trinajstić information content (AvgIpc) is 2.11. The minimum Gasteiger partial charge on any atom is -0.428 e. The van der Waals surface area contributed by atoms with Crippen LogP contribution >= 0.6 is 0 Å². The van der Waals surface area contributed by atoms with E-state index in [9.17, 15) is 9.59 Å². The molecule has 0 unspecified atom stereocenters. The predicted molar refractivity (Wildman–Crippen MR) is 41.7 cm³/mol. The van der Waals surface area contributed by atoms with E-state index in [4.69, 9.17) is 0 Å². The maximum absolute atomic E-state index is 10.4. The third-order valence-corrected chi connectivity index (χ3v) is 0.757. The minimum absolute atomic E-state index is 0.624. The van der Waals surface area contributed by atoms with Crippen LogP contribution in [-0.4, -0.2) is 11.9 Å². The highest BCUT2D eigenvalue weighted by Gasteiger charge is 1.91. The molecule has 0 aromatic carbocycles. The van der Waals surface area contributed by atoms with Crippen LogP contribution in [0.4, 0.5) is 0 Å². The molecule has 0 aliphatic heterocycles. The van der Waals surface area contributed by atoms with Gasteiger partial charge in [-0.05, 0) is 0 Å². The first-order valence-electron chi connectivity index (χ1n) is 3.02. The van der Waals surface area contributed by atoms with Gasteiger partial charge in [-0.1, -0.05) is 13.2 Å². The quantitative estimate of drug-likeness (QED) is 0.355. The molecule has 0 atom stereocenters. The zero-order valence-corrected chi connectivity index (χ0v) is 6.36. The Kier molecular flexibility index (Phi) is 5.00. The van der Waals surface area contributed by atoms with Gasteiger partial charge in [0.2, 0.25) is 0 Å². The number of rotatable bonds is 4. The van der Waals surface area contributed by atoms with Gasteiger partial charge in [0.05, 0.1) is 0 Å². The summed E-state index contributed by atoms with van der Waals surface area (Å²) in [5.41, 5.74) is 0. The van der Waals surface area contributed by atoms with E-state index in [1.807, 2.05) is 0 Å². The van der Waals surface area contributed by atoms with E-state index in [0.29, 0.717) is 0 Å². The summed E-state index contributed by atoms with van der Waals surface area (Å²) in [6, 6.07) is 0. The number of carbonyl (C=O) groups is 2. The number of hydrogen-bond donors (Lipinski definition) is 0. The van der Waals surface area contributed by atoms with Gasteiger partial charge >= 0.3 is 11.9 Å². The van der Waals surface area contributed by atoms with Crippen LogP contribution in [0, 0.1) is 0 Å². The maximum atomic E-state index is 10.4. The van der Waals surface area contributed by atoms with Crippen molar-refractivity contribution in [3.05, 3.63) is 37.8 Å². The fraction of sp³-hybridized carbons (Fsp3) is 0. The summed E-state index contributed by atoms with van der Waals surface area (Å²) in [5, 5.41) is 0. The van der Waals surface area contributed by atoms with Gasteiger partial charge in [-0.2, -0.15) is 0 Å². The zero-order chi connectivity index (χ0) is 9.40. The molecular weight excluding hydrogens is 160 g/mol. The van der Waals surface area contributed by atoms with Gasteiger partial charge in [0.15, 0.2) is 0 Å². The molecule has 0 aliphatic rings. The Morgan fingerprint density at radius 3 is 1.50 bits per heavy atom. The molecule has 4 nitrogen and oxygen atoms in total. The molecule has 0 fully saturated rings. The second kappa shape index (κ2) is 5.91. The van der Waals surface area contributed by atoms with Crippen molar-refractivity contribution >= 4 is 11.9 Å². The summed E-state index contributed by atoms with van der Waals surface area (Å²) in [6.07, 6.45) is 3.84. The monoisotopic (exact) mass is 168 g/mol. The van der Waals surface area contributed by atoms with Crippen molar-refractivity contribution in [1.82, 2.24) is 0 Å². The molecule has 0 saturated carbocycles. The molecule has 0 N–H and O–H groups in total. The highest BCUT2D eigenvalue weighted by atomic mass is 16.6. The highest BCUT2D eigenvalue weighted by molar-refractivity contribution is 5.82. The van der Waals surface area contributed by atoms with E-state index in [2.05, 4.69) is 22.6 Å². The third kappa shape index (κ3) is 4.99. The van der Waals surface area contributed by atoms with Crippen molar-refractivity contribution in [3.8, 4) is 0 Å². The molecule has 0 rings (SSSR count). The molecule has 0 aliphatic carbocycles. The van der Waals surface area contributed by atoms with Crippen LogP contribution in [0.1, 0.15) is 0 Å². The molecule has 12 heavy (non-hydrogen) atoms. The normalized spacial score (nSPS) is 9.00. The number of esters is 2. The van der Waals surface area contributed by atoms with Crippen molar-refractivity contribution in [2.45, 2.75) is 0 Å². The molecule has 0 bridgehead atoms. The molecule has 0 heterocycles. The highest BCUT2D eigenvalue weighted by Crippen LogP contribution is 1.84. The van der Waals surface area contributed by atoms with E-state index in [1.54, 1.807) is 0 Å². The second-order valence-electron chi connectivity index (χ2n) is 1.55. The van der Waals surface area contributed by atoms with E-state index < -0.39 is 11.9 Å². The zero-order valence-electron chi connectivity index (χ0n) is 6.36. The van der Waals surface area contributed by atoms with Crippen LogP contribution in [0.2, 0.25) is 0 Å². The van der Waals surface area contributed by atoms with E-state index in [-0.39, 0.29) is 0 Å². The summed E-state index contributed by atoms with van der Waals surface area (Å²) in [6.45, 7) is 6.32. The van der Waals surface area contributed by atoms with E-state index in [0.717, 1.165) is 24.7 Å². The first-order valence-corrected chi connectivity index (χ1v) is 3.02. The second-order valence-corrected chi connectivity index (χ2v) is 1.55. The minimum atomic E-state index is -0.624. The summed E-state index contributed by atoms with van der Waals surface area (Å²) >= 11 is 0. The van der Waals surface area contributed by atoms with Gasteiger partial charge in [0.25, 0.3) is 0 Å². The average molecular weight is 168 g/mol. The first kappa shape index (κ1) is 10.2. The Hall–Kier alpha value is -1.84.